The largest absolute Gasteiger partial charge is 0.495 e. The molecule has 2 unspecified atom stereocenters. The molecular weight excluding hydrogens is 298 g/mol. The van der Waals surface area contributed by atoms with Gasteiger partial charge in [0.2, 0.25) is 15.9 Å². The van der Waals surface area contributed by atoms with Gasteiger partial charge >= 0.3 is 0 Å². The van der Waals surface area contributed by atoms with Crippen LogP contribution < -0.4 is 16.2 Å². The fourth-order valence-corrected chi connectivity index (χ4v) is 4.00. The lowest BCUT2D eigenvalue weighted by molar-refractivity contribution is -0.121. The molecule has 1 heterocycles. The number of hydrogen-bond acceptors (Lipinski definition) is 6. The molecule has 8 nitrogen and oxygen atoms in total. The minimum atomic E-state index is -3.98. The van der Waals surface area contributed by atoms with Gasteiger partial charge in [0.1, 0.15) is 11.8 Å². The molecule has 1 fully saturated rings. The van der Waals surface area contributed by atoms with Crippen molar-refractivity contribution in [3.63, 3.8) is 0 Å². The monoisotopic (exact) mass is 315 g/mol. The van der Waals surface area contributed by atoms with Crippen LogP contribution in [0.25, 0.3) is 0 Å². The molecule has 9 heteroatoms. The van der Waals surface area contributed by atoms with Crippen molar-refractivity contribution in [2.24, 2.45) is 5.73 Å². The second kappa shape index (κ2) is 5.51. The van der Waals surface area contributed by atoms with Crippen molar-refractivity contribution in [1.82, 2.24) is 4.31 Å². The summed E-state index contributed by atoms with van der Waals surface area (Å²) in [6.45, 7) is -0.179. The highest BCUT2D eigenvalue weighted by atomic mass is 32.2. The number of carbonyl (C=O) groups is 1. The van der Waals surface area contributed by atoms with Crippen LogP contribution in [-0.2, 0) is 14.8 Å². The van der Waals surface area contributed by atoms with Gasteiger partial charge in [0.25, 0.3) is 0 Å². The van der Waals surface area contributed by atoms with Gasteiger partial charge in [-0.2, -0.15) is 4.31 Å². The Bertz CT molecular complexity index is 661. The standard InChI is InChI=1S/C12H17N3O5S/c1-20-11-3-2-8(5-9(11)13)21(18,19)15-6-7(16)4-10(15)12(14)17/h2-3,5,7,10,16H,4,6,13H2,1H3,(H2,14,17). The molecule has 1 aromatic rings. The lowest BCUT2D eigenvalue weighted by Crippen LogP contribution is -2.43. The average Bonchev–Trinajstić information content (AvgIpc) is 2.81. The van der Waals surface area contributed by atoms with Crippen LogP contribution in [0, 0.1) is 0 Å². The summed E-state index contributed by atoms with van der Waals surface area (Å²) in [5.41, 5.74) is 11.1. The van der Waals surface area contributed by atoms with E-state index in [9.17, 15) is 18.3 Å². The summed E-state index contributed by atoms with van der Waals surface area (Å²) >= 11 is 0. The summed E-state index contributed by atoms with van der Waals surface area (Å²) in [4.78, 5) is 11.3. The van der Waals surface area contributed by atoms with Gasteiger partial charge in [-0.3, -0.25) is 4.79 Å². The molecule has 0 aliphatic carbocycles. The first kappa shape index (κ1) is 15.5. The van der Waals surface area contributed by atoms with Crippen LogP contribution >= 0.6 is 0 Å². The number of β-amino-alcohol motifs (C(OH)–C–C–N with tert-alkyl or cyclic N) is 1. The number of hydrogen-bond donors (Lipinski definition) is 3. The van der Waals surface area contributed by atoms with E-state index in [2.05, 4.69) is 0 Å². The van der Waals surface area contributed by atoms with Gasteiger partial charge in [0, 0.05) is 13.0 Å². The number of sulfonamides is 1. The number of rotatable bonds is 4. The topological polar surface area (TPSA) is 136 Å². The molecule has 1 saturated heterocycles. The Morgan fingerprint density at radius 1 is 1.48 bits per heavy atom. The van der Waals surface area contributed by atoms with Gasteiger partial charge in [0.05, 0.1) is 23.8 Å². The number of ether oxygens (including phenoxy) is 1. The molecule has 0 saturated carbocycles. The fraction of sp³-hybridized carbons (Fsp3) is 0.417. The maximum atomic E-state index is 12.6. The Hall–Kier alpha value is -1.84. The quantitative estimate of drug-likeness (QED) is 0.603. The number of anilines is 1. The second-order valence-electron chi connectivity index (χ2n) is 4.79. The van der Waals surface area contributed by atoms with Crippen LogP contribution in [0.2, 0.25) is 0 Å². The molecule has 0 radical (unpaired) electrons. The number of benzene rings is 1. The number of nitrogens with two attached hydrogens (primary N) is 2. The molecule has 0 bridgehead atoms. The first-order valence-corrected chi connectivity index (χ1v) is 7.64. The molecule has 2 atom stereocenters. The van der Waals surface area contributed by atoms with Crippen molar-refractivity contribution in [3.05, 3.63) is 18.2 Å². The predicted octanol–water partition coefficient (Wildman–Crippen LogP) is -1.11. The first-order chi connectivity index (χ1) is 9.77. The molecule has 21 heavy (non-hydrogen) atoms. The molecule has 0 spiro atoms. The zero-order chi connectivity index (χ0) is 15.8. The maximum absolute atomic E-state index is 12.6. The number of aliphatic hydroxyl groups excluding tert-OH is 1. The van der Waals surface area contributed by atoms with Crippen LogP contribution in [0.3, 0.4) is 0 Å². The van der Waals surface area contributed by atoms with Gasteiger partial charge in [-0.25, -0.2) is 8.42 Å². The van der Waals surface area contributed by atoms with Crippen molar-refractivity contribution >= 4 is 21.6 Å². The predicted molar refractivity (Wildman–Crippen MR) is 74.9 cm³/mol. The Morgan fingerprint density at radius 3 is 2.67 bits per heavy atom. The van der Waals surface area contributed by atoms with Gasteiger partial charge in [-0.15, -0.1) is 0 Å². The van der Waals surface area contributed by atoms with E-state index < -0.39 is 28.1 Å². The van der Waals surface area contributed by atoms with Gasteiger partial charge < -0.3 is 21.3 Å². The van der Waals surface area contributed by atoms with E-state index in [0.717, 1.165) is 4.31 Å². The minimum Gasteiger partial charge on any atom is -0.495 e. The van der Waals surface area contributed by atoms with E-state index in [4.69, 9.17) is 16.2 Å². The van der Waals surface area contributed by atoms with Crippen LogP contribution in [-0.4, -0.2) is 49.5 Å². The number of primary amides is 1. The van der Waals surface area contributed by atoms with E-state index in [-0.39, 0.29) is 23.5 Å². The Kier molecular flexibility index (Phi) is 4.08. The molecule has 1 aliphatic heterocycles. The van der Waals surface area contributed by atoms with Gasteiger partial charge in [-0.05, 0) is 18.2 Å². The van der Waals surface area contributed by atoms with Crippen LogP contribution in [0.1, 0.15) is 6.42 Å². The Balaban J connectivity index is 2.42. The van der Waals surface area contributed by atoms with E-state index >= 15 is 0 Å². The van der Waals surface area contributed by atoms with Gasteiger partial charge in [0.15, 0.2) is 0 Å². The van der Waals surface area contributed by atoms with E-state index in [1.165, 1.54) is 25.3 Å². The lowest BCUT2D eigenvalue weighted by atomic mass is 10.2. The Labute approximate surface area is 122 Å². The molecule has 5 N–H and O–H groups in total. The van der Waals surface area contributed by atoms with Gasteiger partial charge in [-0.1, -0.05) is 0 Å². The van der Waals surface area contributed by atoms with E-state index in [1.54, 1.807) is 0 Å². The Morgan fingerprint density at radius 2 is 2.14 bits per heavy atom. The van der Waals surface area contributed by atoms with Crippen LogP contribution in [0.5, 0.6) is 5.75 Å². The summed E-state index contributed by atoms with van der Waals surface area (Å²) in [5.74, 6) is -0.446. The summed E-state index contributed by atoms with van der Waals surface area (Å²) in [5, 5.41) is 9.61. The summed E-state index contributed by atoms with van der Waals surface area (Å²) in [7, 11) is -2.56. The number of carbonyl (C=O) groups excluding carboxylic acids is 1. The molecule has 1 aliphatic rings. The third kappa shape index (κ3) is 2.80. The van der Waals surface area contributed by atoms with Crippen molar-refractivity contribution < 1.29 is 23.1 Å². The van der Waals surface area contributed by atoms with Crippen LogP contribution in [0.15, 0.2) is 23.1 Å². The molecular formula is C12H17N3O5S. The highest BCUT2D eigenvalue weighted by Crippen LogP contribution is 2.30. The van der Waals surface area contributed by atoms with E-state index in [1.807, 2.05) is 0 Å². The zero-order valence-electron chi connectivity index (χ0n) is 11.4. The number of aliphatic hydroxyl groups is 1. The lowest BCUT2D eigenvalue weighted by Gasteiger charge is -2.21. The molecule has 0 aromatic heterocycles. The summed E-state index contributed by atoms with van der Waals surface area (Å²) in [6, 6.07) is 2.94. The average molecular weight is 315 g/mol. The second-order valence-corrected chi connectivity index (χ2v) is 6.68. The highest BCUT2D eigenvalue weighted by Gasteiger charge is 2.42. The molecule has 2 rings (SSSR count). The normalized spacial score (nSPS) is 23.1. The van der Waals surface area contributed by atoms with E-state index in [0.29, 0.717) is 5.75 Å². The van der Waals surface area contributed by atoms with Crippen molar-refractivity contribution in [2.45, 2.75) is 23.5 Å². The van der Waals surface area contributed by atoms with Crippen molar-refractivity contribution in [3.8, 4) is 5.75 Å². The SMILES string of the molecule is COc1ccc(S(=O)(=O)N2CC(O)CC2C(N)=O)cc1N. The highest BCUT2D eigenvalue weighted by molar-refractivity contribution is 7.89. The van der Waals surface area contributed by atoms with Crippen molar-refractivity contribution in [2.75, 3.05) is 19.4 Å². The molecule has 1 aromatic carbocycles. The maximum Gasteiger partial charge on any atom is 0.243 e. The van der Waals surface area contributed by atoms with Crippen LogP contribution in [0.4, 0.5) is 5.69 Å². The number of methoxy groups -OCH3 is 1. The zero-order valence-corrected chi connectivity index (χ0v) is 12.2. The number of amides is 1. The summed E-state index contributed by atoms with van der Waals surface area (Å²) in [6.07, 6.45) is -0.937. The molecule has 116 valence electrons. The summed E-state index contributed by atoms with van der Waals surface area (Å²) < 4.78 is 31.0. The van der Waals surface area contributed by atoms with Crippen molar-refractivity contribution in [1.29, 1.82) is 0 Å². The number of nitrogen functional groups attached to an aromatic ring is 1. The number of nitrogens with zero attached hydrogens (tertiary/aromatic N) is 1. The third-order valence-corrected chi connectivity index (χ3v) is 5.24. The first-order valence-electron chi connectivity index (χ1n) is 6.20. The third-order valence-electron chi connectivity index (χ3n) is 3.37. The minimum absolute atomic E-state index is 0.0137. The molecule has 1 amide bonds. The smallest absolute Gasteiger partial charge is 0.243 e. The fourth-order valence-electron chi connectivity index (χ4n) is 2.32.